The Kier molecular flexibility index (Phi) is 10.8. The zero-order chi connectivity index (χ0) is 20.6. The first-order valence-corrected chi connectivity index (χ1v) is 12.7. The van der Waals surface area contributed by atoms with Crippen LogP contribution in [-0.2, 0) is 9.47 Å². The first-order chi connectivity index (χ1) is 14.8. The molecule has 0 spiro atoms. The predicted molar refractivity (Wildman–Crippen MR) is 139 cm³/mol. The lowest BCUT2D eigenvalue weighted by molar-refractivity contribution is -0.0721. The summed E-state index contributed by atoms with van der Waals surface area (Å²) in [4.78, 5) is 11.1. The number of hydrogen-bond donors (Lipinski definition) is 1. The Morgan fingerprint density at radius 2 is 2.00 bits per heavy atom. The molecule has 3 aliphatic heterocycles. The number of nitrogens with zero attached hydrogens (tertiary/aromatic N) is 3. The molecule has 1 aromatic rings. The third-order valence-electron chi connectivity index (χ3n) is 6.65. The molecule has 1 aromatic heterocycles. The number of halogens is 1. The van der Waals surface area contributed by atoms with Crippen molar-refractivity contribution < 1.29 is 9.47 Å². The molecular weight excluding hydrogens is 523 g/mol. The number of thiophene rings is 1. The number of piperidine rings is 1. The summed E-state index contributed by atoms with van der Waals surface area (Å²) in [6.07, 6.45) is 9.05. The van der Waals surface area contributed by atoms with Crippen molar-refractivity contribution >= 4 is 41.3 Å². The van der Waals surface area contributed by atoms with Crippen molar-refractivity contribution in [3.63, 3.8) is 0 Å². The average Bonchev–Trinajstić information content (AvgIpc) is 3.52. The Morgan fingerprint density at radius 3 is 2.65 bits per heavy atom. The number of guanidine groups is 1. The Balaban J connectivity index is 0.00000272. The molecule has 0 aromatic carbocycles. The molecular formula is C23H39IN4O2S. The zero-order valence-electron chi connectivity index (χ0n) is 18.8. The van der Waals surface area contributed by atoms with Gasteiger partial charge in [-0.2, -0.15) is 0 Å². The van der Waals surface area contributed by atoms with E-state index in [1.165, 1.54) is 43.6 Å². The number of aliphatic imine (C=N–C) groups is 1. The molecule has 176 valence electrons. The number of rotatable bonds is 7. The van der Waals surface area contributed by atoms with Gasteiger partial charge in [-0.3, -0.25) is 9.89 Å². The Bertz CT molecular complexity index is 640. The molecule has 0 bridgehead atoms. The van der Waals surface area contributed by atoms with Crippen LogP contribution in [0.4, 0.5) is 0 Å². The summed E-state index contributed by atoms with van der Waals surface area (Å²) in [6, 6.07) is 4.89. The van der Waals surface area contributed by atoms with Crippen LogP contribution >= 0.6 is 35.3 Å². The molecule has 4 heterocycles. The van der Waals surface area contributed by atoms with E-state index in [1.807, 2.05) is 18.4 Å². The van der Waals surface area contributed by atoms with Crippen molar-refractivity contribution in [1.82, 2.24) is 15.1 Å². The summed E-state index contributed by atoms with van der Waals surface area (Å²) in [5.74, 6) is 1.03. The van der Waals surface area contributed by atoms with Gasteiger partial charge in [-0.25, -0.2) is 0 Å². The van der Waals surface area contributed by atoms with Gasteiger partial charge in [0.15, 0.2) is 5.96 Å². The van der Waals surface area contributed by atoms with Crippen molar-refractivity contribution in [2.24, 2.45) is 4.99 Å². The minimum Gasteiger partial charge on any atom is -0.376 e. The number of nitrogens with one attached hydrogen (secondary N) is 1. The fourth-order valence-corrected chi connectivity index (χ4v) is 5.74. The predicted octanol–water partition coefficient (Wildman–Crippen LogP) is 4.13. The van der Waals surface area contributed by atoms with Crippen LogP contribution in [0.3, 0.4) is 0 Å². The van der Waals surface area contributed by atoms with E-state index in [9.17, 15) is 0 Å². The van der Waals surface area contributed by atoms with Crippen LogP contribution in [0, 0.1) is 0 Å². The normalized spacial score (nSPS) is 24.7. The number of likely N-dealkylation sites (tertiary alicyclic amines) is 2. The topological polar surface area (TPSA) is 49.3 Å². The lowest BCUT2D eigenvalue weighted by Crippen LogP contribution is -2.49. The minimum absolute atomic E-state index is 0. The molecule has 3 aliphatic rings. The highest BCUT2D eigenvalue weighted by molar-refractivity contribution is 14.0. The molecule has 2 atom stereocenters. The van der Waals surface area contributed by atoms with Crippen molar-refractivity contribution in [3.8, 4) is 0 Å². The molecule has 0 saturated carbocycles. The van der Waals surface area contributed by atoms with Crippen LogP contribution in [0.2, 0.25) is 0 Å². The lowest BCUT2D eigenvalue weighted by atomic mass is 10.1. The summed E-state index contributed by atoms with van der Waals surface area (Å²) >= 11 is 1.87. The maximum Gasteiger partial charge on any atom is 0.193 e. The van der Waals surface area contributed by atoms with E-state index < -0.39 is 0 Å². The van der Waals surface area contributed by atoms with E-state index in [2.05, 4.69) is 37.6 Å². The summed E-state index contributed by atoms with van der Waals surface area (Å²) in [6.45, 7) is 7.00. The van der Waals surface area contributed by atoms with Crippen molar-refractivity contribution in [2.75, 3.05) is 53.0 Å². The van der Waals surface area contributed by atoms with Crippen LogP contribution in [0.1, 0.15) is 55.9 Å². The van der Waals surface area contributed by atoms with Gasteiger partial charge < -0.3 is 19.7 Å². The van der Waals surface area contributed by atoms with Crippen LogP contribution in [0.5, 0.6) is 0 Å². The van der Waals surface area contributed by atoms with Gasteiger partial charge in [0, 0.05) is 38.2 Å². The monoisotopic (exact) mass is 562 g/mol. The smallest absolute Gasteiger partial charge is 0.193 e. The molecule has 8 heteroatoms. The van der Waals surface area contributed by atoms with Gasteiger partial charge in [-0.05, 0) is 69.5 Å². The van der Waals surface area contributed by atoms with Gasteiger partial charge >= 0.3 is 0 Å². The van der Waals surface area contributed by atoms with Crippen LogP contribution < -0.4 is 5.32 Å². The van der Waals surface area contributed by atoms with E-state index >= 15 is 0 Å². The van der Waals surface area contributed by atoms with Gasteiger partial charge in [0.1, 0.15) is 0 Å². The summed E-state index contributed by atoms with van der Waals surface area (Å²) in [5.41, 5.74) is 0. The molecule has 6 nitrogen and oxygen atoms in total. The van der Waals surface area contributed by atoms with E-state index in [4.69, 9.17) is 9.47 Å². The summed E-state index contributed by atoms with van der Waals surface area (Å²) in [7, 11) is 1.90. The molecule has 0 amide bonds. The van der Waals surface area contributed by atoms with E-state index in [1.54, 1.807) is 0 Å². The molecule has 31 heavy (non-hydrogen) atoms. The van der Waals surface area contributed by atoms with Crippen LogP contribution in [0.15, 0.2) is 22.5 Å². The van der Waals surface area contributed by atoms with Gasteiger partial charge in [-0.15, -0.1) is 35.3 Å². The molecule has 4 rings (SSSR count). The van der Waals surface area contributed by atoms with Gasteiger partial charge in [0.25, 0.3) is 0 Å². The number of ether oxygens (including phenoxy) is 2. The fourth-order valence-electron chi connectivity index (χ4n) is 4.88. The second kappa shape index (κ2) is 13.3. The Morgan fingerprint density at radius 1 is 1.19 bits per heavy atom. The molecule has 0 radical (unpaired) electrons. The Hall–Kier alpha value is -0.420. The second-order valence-corrected chi connectivity index (χ2v) is 9.69. The second-order valence-electron chi connectivity index (χ2n) is 8.71. The van der Waals surface area contributed by atoms with Crippen molar-refractivity contribution in [3.05, 3.63) is 22.4 Å². The zero-order valence-corrected chi connectivity index (χ0v) is 22.0. The highest BCUT2D eigenvalue weighted by Crippen LogP contribution is 2.28. The highest BCUT2D eigenvalue weighted by atomic mass is 127. The van der Waals surface area contributed by atoms with Crippen LogP contribution in [-0.4, -0.2) is 81.0 Å². The molecule has 3 fully saturated rings. The fraction of sp³-hybridized carbons (Fsp3) is 0.783. The third-order valence-corrected chi connectivity index (χ3v) is 7.63. The average molecular weight is 563 g/mol. The first-order valence-electron chi connectivity index (χ1n) is 11.8. The molecule has 1 N–H and O–H groups in total. The van der Waals surface area contributed by atoms with Crippen molar-refractivity contribution in [2.45, 2.75) is 63.2 Å². The minimum atomic E-state index is 0. The lowest BCUT2D eigenvalue weighted by Gasteiger charge is -2.36. The van der Waals surface area contributed by atoms with E-state index in [0.717, 1.165) is 58.1 Å². The maximum absolute atomic E-state index is 6.18. The van der Waals surface area contributed by atoms with Gasteiger partial charge in [0.05, 0.1) is 24.9 Å². The van der Waals surface area contributed by atoms with Gasteiger partial charge in [-0.1, -0.05) is 6.07 Å². The first kappa shape index (κ1) is 25.2. The van der Waals surface area contributed by atoms with E-state index in [0.29, 0.717) is 18.2 Å². The molecule has 2 unspecified atom stereocenters. The van der Waals surface area contributed by atoms with Crippen molar-refractivity contribution in [1.29, 1.82) is 0 Å². The number of hydrogen-bond acceptors (Lipinski definition) is 5. The Labute approximate surface area is 208 Å². The quantitative estimate of drug-likeness (QED) is 0.308. The largest absolute Gasteiger partial charge is 0.376 e. The summed E-state index contributed by atoms with van der Waals surface area (Å²) < 4.78 is 12.0. The third kappa shape index (κ3) is 7.28. The summed E-state index contributed by atoms with van der Waals surface area (Å²) in [5, 5.41) is 5.87. The molecule has 3 saturated heterocycles. The molecule has 0 aliphatic carbocycles. The standard InChI is InChI=1S/C23H38N4O2S.HI/c1-24-23(25-17-21(22-8-6-16-30-22)26-11-3-4-12-26)27-13-9-19(10-14-27)29-18-20-7-2-5-15-28-20;/h6,8,16,19-21H,2-5,7,9-15,17-18H2,1H3,(H,24,25);1H. The van der Waals surface area contributed by atoms with E-state index in [-0.39, 0.29) is 24.0 Å². The SMILES string of the molecule is CN=C(NCC(c1cccs1)N1CCCC1)N1CCC(OCC2CCCCO2)CC1.I. The van der Waals surface area contributed by atoms with Gasteiger partial charge in [0.2, 0.25) is 0 Å². The maximum atomic E-state index is 6.18. The highest BCUT2D eigenvalue weighted by Gasteiger charge is 2.27. The van der Waals surface area contributed by atoms with Crippen LogP contribution in [0.25, 0.3) is 0 Å².